The van der Waals surface area contributed by atoms with Crippen molar-refractivity contribution >= 4 is 39.0 Å². The highest BCUT2D eigenvalue weighted by Crippen LogP contribution is 2.56. The van der Waals surface area contributed by atoms with E-state index in [-0.39, 0.29) is 0 Å². The highest BCUT2D eigenvalue weighted by molar-refractivity contribution is 6.07. The van der Waals surface area contributed by atoms with E-state index in [0.717, 1.165) is 50.1 Å². The van der Waals surface area contributed by atoms with Crippen LogP contribution in [0.2, 0.25) is 0 Å². The first-order valence-corrected chi connectivity index (χ1v) is 21.7. The lowest BCUT2D eigenvalue weighted by atomic mass is 9.67. The molecule has 1 aliphatic carbocycles. The maximum Gasteiger partial charge on any atom is 0.136 e. The molecule has 0 fully saturated rings. The molecule has 0 N–H and O–H groups in total. The van der Waals surface area contributed by atoms with Crippen molar-refractivity contribution in [1.29, 1.82) is 0 Å². The van der Waals surface area contributed by atoms with E-state index in [0.29, 0.717) is 0 Å². The molecule has 0 unspecified atom stereocenters. The summed E-state index contributed by atoms with van der Waals surface area (Å²) < 4.78 is 6.72. The van der Waals surface area contributed by atoms with Crippen molar-refractivity contribution in [2.24, 2.45) is 0 Å². The minimum Gasteiger partial charge on any atom is -0.456 e. The van der Waals surface area contributed by atoms with Crippen LogP contribution in [-0.4, -0.2) is 0 Å². The number of hydrogen-bond donors (Lipinski definition) is 0. The Morgan fingerprint density at radius 2 is 0.778 bits per heavy atom. The average Bonchev–Trinajstić information content (AvgIpc) is 3.88. The van der Waals surface area contributed by atoms with Gasteiger partial charge in [0, 0.05) is 27.8 Å². The monoisotopic (exact) mass is 803 g/mol. The molecular weight excluding hydrogens is 763 g/mol. The van der Waals surface area contributed by atoms with Gasteiger partial charge in [-0.2, -0.15) is 0 Å². The molecule has 1 aromatic heterocycles. The largest absolute Gasteiger partial charge is 0.456 e. The van der Waals surface area contributed by atoms with Crippen LogP contribution >= 0.6 is 0 Å². The standard InChI is InChI=1S/C61H41NO/c1-4-16-42(17-5-1)44-30-34-50(35-31-44)62(51-24-14-20-45(38-51)43-18-6-2-7-19-43)52-25-15-21-46(39-52)47-32-36-55-56-41-49(33-37-59(56)63-60(55)40-47)61(48-22-8-3-9-23-48)57-28-12-10-26-53(57)54-27-11-13-29-58(54)61/h1-41H. The topological polar surface area (TPSA) is 16.4 Å². The zero-order valence-electron chi connectivity index (χ0n) is 34.5. The average molecular weight is 804 g/mol. The van der Waals surface area contributed by atoms with Gasteiger partial charge in [-0.05, 0) is 127 Å². The summed E-state index contributed by atoms with van der Waals surface area (Å²) in [6.07, 6.45) is 0. The van der Waals surface area contributed by atoms with E-state index >= 15 is 0 Å². The van der Waals surface area contributed by atoms with Gasteiger partial charge in [0.1, 0.15) is 11.2 Å². The van der Waals surface area contributed by atoms with E-state index in [1.54, 1.807) is 0 Å². The molecule has 2 heteroatoms. The third-order valence-electron chi connectivity index (χ3n) is 12.9. The van der Waals surface area contributed by atoms with Gasteiger partial charge in [-0.25, -0.2) is 0 Å². The predicted octanol–water partition coefficient (Wildman–Crippen LogP) is 16.4. The van der Waals surface area contributed by atoms with Crippen LogP contribution in [-0.2, 0) is 5.41 Å². The summed E-state index contributed by atoms with van der Waals surface area (Å²) >= 11 is 0. The van der Waals surface area contributed by atoms with Gasteiger partial charge >= 0.3 is 0 Å². The van der Waals surface area contributed by atoms with Crippen molar-refractivity contribution in [3.05, 3.63) is 271 Å². The summed E-state index contributed by atoms with van der Waals surface area (Å²) in [6.45, 7) is 0. The van der Waals surface area contributed by atoms with Crippen LogP contribution in [0.1, 0.15) is 22.3 Å². The molecule has 63 heavy (non-hydrogen) atoms. The summed E-state index contributed by atoms with van der Waals surface area (Å²) in [4.78, 5) is 2.36. The van der Waals surface area contributed by atoms with Crippen LogP contribution in [0.3, 0.4) is 0 Å². The lowest BCUT2D eigenvalue weighted by molar-refractivity contribution is 0.668. The Bertz CT molecular complexity index is 3400. The Kier molecular flexibility index (Phi) is 8.76. The normalized spacial score (nSPS) is 12.6. The van der Waals surface area contributed by atoms with E-state index < -0.39 is 5.41 Å². The molecule has 10 aromatic carbocycles. The minimum atomic E-state index is -0.471. The first kappa shape index (κ1) is 36.6. The lowest BCUT2D eigenvalue weighted by Crippen LogP contribution is -2.28. The van der Waals surface area contributed by atoms with Gasteiger partial charge in [0.25, 0.3) is 0 Å². The molecule has 0 saturated heterocycles. The summed E-state index contributed by atoms with van der Waals surface area (Å²) in [5.74, 6) is 0. The van der Waals surface area contributed by atoms with Gasteiger partial charge in [-0.1, -0.05) is 188 Å². The Morgan fingerprint density at radius 1 is 0.286 bits per heavy atom. The molecule has 0 aliphatic heterocycles. The third kappa shape index (κ3) is 6.10. The molecule has 12 rings (SSSR count). The van der Waals surface area contributed by atoms with Gasteiger partial charge in [-0.3, -0.25) is 0 Å². The fourth-order valence-electron chi connectivity index (χ4n) is 10.1. The quantitative estimate of drug-likeness (QED) is 0.152. The molecule has 1 aliphatic rings. The number of anilines is 3. The molecule has 0 radical (unpaired) electrons. The highest BCUT2D eigenvalue weighted by atomic mass is 16.3. The van der Waals surface area contributed by atoms with E-state index in [1.165, 1.54) is 55.6 Å². The van der Waals surface area contributed by atoms with Crippen LogP contribution in [0.15, 0.2) is 253 Å². The number of furan rings is 1. The van der Waals surface area contributed by atoms with Gasteiger partial charge in [-0.15, -0.1) is 0 Å². The van der Waals surface area contributed by atoms with E-state index in [1.807, 2.05) is 0 Å². The zero-order chi connectivity index (χ0) is 41.7. The number of benzene rings is 10. The molecule has 11 aromatic rings. The molecular formula is C61H41NO. The molecule has 0 atom stereocenters. The van der Waals surface area contributed by atoms with Gasteiger partial charge in [0.05, 0.1) is 5.41 Å². The van der Waals surface area contributed by atoms with Crippen molar-refractivity contribution in [2.45, 2.75) is 5.41 Å². The molecule has 0 amide bonds. The molecule has 2 nitrogen and oxygen atoms in total. The molecule has 1 heterocycles. The SMILES string of the molecule is c1ccc(-c2ccc(N(c3cccc(-c4ccccc4)c3)c3cccc(-c4ccc5c(c4)oc4ccc(C6(c7ccccc7)c7ccccc7-c7ccccc76)cc45)c3)cc2)cc1. The van der Waals surface area contributed by atoms with E-state index in [9.17, 15) is 0 Å². The number of rotatable bonds is 8. The Balaban J connectivity index is 0.962. The fourth-order valence-corrected chi connectivity index (χ4v) is 10.1. The van der Waals surface area contributed by atoms with Crippen LogP contribution in [0, 0.1) is 0 Å². The number of hydrogen-bond acceptors (Lipinski definition) is 2. The Hall–Kier alpha value is -8.20. The van der Waals surface area contributed by atoms with Gasteiger partial charge < -0.3 is 9.32 Å². The van der Waals surface area contributed by atoms with Crippen LogP contribution in [0.4, 0.5) is 17.1 Å². The van der Waals surface area contributed by atoms with Crippen molar-refractivity contribution in [3.8, 4) is 44.5 Å². The Morgan fingerprint density at radius 3 is 1.41 bits per heavy atom. The number of fused-ring (bicyclic) bond motifs is 6. The van der Waals surface area contributed by atoms with Gasteiger partial charge in [0.2, 0.25) is 0 Å². The van der Waals surface area contributed by atoms with Crippen LogP contribution in [0.5, 0.6) is 0 Å². The molecule has 0 saturated carbocycles. The van der Waals surface area contributed by atoms with Crippen molar-refractivity contribution in [3.63, 3.8) is 0 Å². The summed E-state index contributed by atoms with van der Waals surface area (Å²) in [5, 5.41) is 2.22. The second-order valence-corrected chi connectivity index (χ2v) is 16.4. The summed E-state index contributed by atoms with van der Waals surface area (Å²) in [6, 6.07) is 90.0. The second-order valence-electron chi connectivity index (χ2n) is 16.4. The fraction of sp³-hybridized carbons (Fsp3) is 0.0164. The van der Waals surface area contributed by atoms with E-state index in [4.69, 9.17) is 4.42 Å². The second kappa shape index (κ2) is 15.1. The maximum atomic E-state index is 6.72. The smallest absolute Gasteiger partial charge is 0.136 e. The zero-order valence-corrected chi connectivity index (χ0v) is 34.5. The lowest BCUT2D eigenvalue weighted by Gasteiger charge is -2.33. The molecule has 296 valence electrons. The van der Waals surface area contributed by atoms with Gasteiger partial charge in [0.15, 0.2) is 0 Å². The predicted molar refractivity (Wildman–Crippen MR) is 262 cm³/mol. The first-order chi connectivity index (χ1) is 31.2. The van der Waals surface area contributed by atoms with Crippen molar-refractivity contribution in [2.75, 3.05) is 4.90 Å². The van der Waals surface area contributed by atoms with Crippen LogP contribution < -0.4 is 4.90 Å². The number of nitrogens with zero attached hydrogens (tertiary/aromatic N) is 1. The minimum absolute atomic E-state index is 0.471. The van der Waals surface area contributed by atoms with Crippen molar-refractivity contribution < 1.29 is 4.42 Å². The maximum absolute atomic E-state index is 6.72. The first-order valence-electron chi connectivity index (χ1n) is 21.7. The van der Waals surface area contributed by atoms with E-state index in [2.05, 4.69) is 254 Å². The van der Waals surface area contributed by atoms with Crippen LogP contribution in [0.25, 0.3) is 66.4 Å². The van der Waals surface area contributed by atoms with Crippen molar-refractivity contribution in [1.82, 2.24) is 0 Å². The highest BCUT2D eigenvalue weighted by Gasteiger charge is 2.46. The molecule has 0 bridgehead atoms. The summed E-state index contributed by atoms with van der Waals surface area (Å²) in [7, 11) is 0. The third-order valence-corrected chi connectivity index (χ3v) is 12.9. The molecule has 0 spiro atoms. The Labute approximate surface area is 367 Å². The summed E-state index contributed by atoms with van der Waals surface area (Å²) in [5.41, 5.74) is 19.1.